The average molecular weight is 624 g/mol. The van der Waals surface area contributed by atoms with Gasteiger partial charge < -0.3 is 5.11 Å². The third-order valence-corrected chi connectivity index (χ3v) is 7.93. The molecule has 0 atom stereocenters. The molecule has 0 aliphatic heterocycles. The van der Waals surface area contributed by atoms with Crippen molar-refractivity contribution < 1.29 is 23.1 Å². The number of rotatable bonds is 10. The number of alkyl halides is 1. The zero-order valence-electron chi connectivity index (χ0n) is 22.7. The van der Waals surface area contributed by atoms with Gasteiger partial charge >= 0.3 is 5.97 Å². The summed E-state index contributed by atoms with van der Waals surface area (Å²) in [6, 6.07) is 13.0. The lowest BCUT2D eigenvalue weighted by Crippen LogP contribution is -2.04. The first-order chi connectivity index (χ1) is 19.2. The Hall–Kier alpha value is -2.73. The molecule has 8 heteroatoms. The number of carboxylic acids is 1. The van der Waals surface area contributed by atoms with Crippen LogP contribution in [-0.4, -0.2) is 17.8 Å². The Morgan fingerprint density at radius 3 is 2.34 bits per heavy atom. The Balaban J connectivity index is 0.00000462. The first-order valence-corrected chi connectivity index (χ1v) is 14.3. The summed E-state index contributed by atoms with van der Waals surface area (Å²) in [4.78, 5) is 11.7. The number of carboxylic acid groups (broad SMARTS) is 1. The van der Waals surface area contributed by atoms with E-state index >= 15 is 8.78 Å². The van der Waals surface area contributed by atoms with Crippen LogP contribution in [0, 0.1) is 11.6 Å². The van der Waals surface area contributed by atoms with Gasteiger partial charge in [-0.2, -0.15) is 0 Å². The number of aromatic carboxylic acids is 1. The number of benzene rings is 3. The first-order valence-electron chi connectivity index (χ1n) is 13.5. The van der Waals surface area contributed by atoms with Crippen molar-refractivity contribution in [2.24, 2.45) is 0 Å². The maximum absolute atomic E-state index is 16.0. The number of hydrogen-bond acceptors (Lipinski definition) is 1. The van der Waals surface area contributed by atoms with E-state index in [9.17, 15) is 14.3 Å². The van der Waals surface area contributed by atoms with Crippen LogP contribution < -0.4 is 0 Å². The highest BCUT2D eigenvalue weighted by Crippen LogP contribution is 2.43. The predicted octanol–water partition coefficient (Wildman–Crippen LogP) is 11.0. The molecule has 218 valence electrons. The van der Waals surface area contributed by atoms with Crippen molar-refractivity contribution in [1.82, 2.24) is 0 Å². The van der Waals surface area contributed by atoms with Crippen LogP contribution in [0.25, 0.3) is 17.2 Å². The third kappa shape index (κ3) is 7.57. The minimum atomic E-state index is -1.05. The molecule has 0 bridgehead atoms. The number of aryl methyl sites for hydroxylation is 1. The number of unbranched alkanes of at least 4 members (excludes halogenated alkanes) is 2. The molecule has 0 saturated carbocycles. The van der Waals surface area contributed by atoms with Gasteiger partial charge in [-0.3, -0.25) is 4.39 Å². The molecule has 0 fully saturated rings. The van der Waals surface area contributed by atoms with E-state index in [2.05, 4.69) is 0 Å². The molecule has 1 aliphatic rings. The highest BCUT2D eigenvalue weighted by atomic mass is 35.5. The molecule has 0 radical (unpaired) electrons. The summed E-state index contributed by atoms with van der Waals surface area (Å²) in [5.74, 6) is -2.98. The van der Waals surface area contributed by atoms with Gasteiger partial charge in [0.25, 0.3) is 0 Å². The molecule has 3 aromatic rings. The van der Waals surface area contributed by atoms with E-state index in [1.807, 2.05) is 6.92 Å². The zero-order chi connectivity index (χ0) is 28.8. The minimum absolute atomic E-state index is 0. The SMILES string of the molecule is CC/C(=C/c1ccc(C2=C(c3ccc(Cl)cc3Cl)CCCc3cc(C(=O)O)ccc32)c(F)c1F)CCCCCF.Cl. The van der Waals surface area contributed by atoms with Gasteiger partial charge in [0.05, 0.1) is 12.2 Å². The van der Waals surface area contributed by atoms with Crippen LogP contribution in [-0.2, 0) is 6.42 Å². The molecule has 0 spiro atoms. The molecule has 0 unspecified atom stereocenters. The monoisotopic (exact) mass is 622 g/mol. The van der Waals surface area contributed by atoms with Gasteiger partial charge in [-0.25, -0.2) is 13.6 Å². The molecule has 0 aromatic heterocycles. The number of carbonyl (C=O) groups is 1. The molecule has 2 nitrogen and oxygen atoms in total. The number of hydrogen-bond donors (Lipinski definition) is 1. The summed E-state index contributed by atoms with van der Waals surface area (Å²) in [6.45, 7) is 1.61. The molecule has 3 aromatic carbocycles. The Morgan fingerprint density at radius 2 is 1.66 bits per heavy atom. The van der Waals surface area contributed by atoms with Gasteiger partial charge in [0.15, 0.2) is 11.6 Å². The van der Waals surface area contributed by atoms with Crippen LogP contribution in [0.15, 0.2) is 54.1 Å². The Labute approximate surface area is 255 Å². The smallest absolute Gasteiger partial charge is 0.335 e. The lowest BCUT2D eigenvalue weighted by atomic mass is 9.86. The normalized spacial score (nSPS) is 13.5. The van der Waals surface area contributed by atoms with E-state index in [0.29, 0.717) is 65.3 Å². The van der Waals surface area contributed by atoms with Crippen LogP contribution in [0.2, 0.25) is 10.0 Å². The number of allylic oxidation sites excluding steroid dienone is 2. The van der Waals surface area contributed by atoms with Crippen LogP contribution in [0.4, 0.5) is 13.2 Å². The Kier molecular flexibility index (Phi) is 12.0. The summed E-state index contributed by atoms with van der Waals surface area (Å²) in [7, 11) is 0. The average Bonchev–Trinajstić information content (AvgIpc) is 3.12. The van der Waals surface area contributed by atoms with Gasteiger partial charge in [0.2, 0.25) is 0 Å². The lowest BCUT2D eigenvalue weighted by Gasteiger charge is -2.19. The summed E-state index contributed by atoms with van der Waals surface area (Å²) in [5, 5.41) is 10.4. The van der Waals surface area contributed by atoms with E-state index in [4.69, 9.17) is 23.2 Å². The van der Waals surface area contributed by atoms with E-state index < -0.39 is 17.6 Å². The van der Waals surface area contributed by atoms with E-state index in [0.717, 1.165) is 29.6 Å². The summed E-state index contributed by atoms with van der Waals surface area (Å²) < 4.78 is 44.1. The van der Waals surface area contributed by atoms with Gasteiger partial charge in [0.1, 0.15) is 0 Å². The fourth-order valence-electron chi connectivity index (χ4n) is 5.30. The van der Waals surface area contributed by atoms with Crippen LogP contribution in [0.1, 0.15) is 90.0 Å². The van der Waals surface area contributed by atoms with Crippen molar-refractivity contribution in [2.75, 3.05) is 6.67 Å². The quantitative estimate of drug-likeness (QED) is 0.228. The topological polar surface area (TPSA) is 37.3 Å². The van der Waals surface area contributed by atoms with Crippen LogP contribution in [0.3, 0.4) is 0 Å². The van der Waals surface area contributed by atoms with Gasteiger partial charge in [0, 0.05) is 21.2 Å². The second kappa shape index (κ2) is 14.9. The summed E-state index contributed by atoms with van der Waals surface area (Å²) in [5.41, 5.74) is 4.65. The van der Waals surface area contributed by atoms with Crippen molar-refractivity contribution in [3.8, 4) is 0 Å². The van der Waals surface area contributed by atoms with Crippen LogP contribution >= 0.6 is 35.6 Å². The lowest BCUT2D eigenvalue weighted by molar-refractivity contribution is 0.0696. The minimum Gasteiger partial charge on any atom is -0.478 e. The van der Waals surface area contributed by atoms with Gasteiger partial charge in [-0.05, 0) is 97.0 Å². The summed E-state index contributed by atoms with van der Waals surface area (Å²) in [6.07, 6.45) is 6.86. The fourth-order valence-corrected chi connectivity index (χ4v) is 5.82. The van der Waals surface area contributed by atoms with Crippen molar-refractivity contribution in [3.05, 3.63) is 109 Å². The fraction of sp³-hybridized carbons (Fsp3) is 0.303. The maximum atomic E-state index is 16.0. The van der Waals surface area contributed by atoms with E-state index in [1.54, 1.807) is 48.5 Å². The van der Waals surface area contributed by atoms with Crippen molar-refractivity contribution in [1.29, 1.82) is 0 Å². The van der Waals surface area contributed by atoms with E-state index in [1.165, 1.54) is 6.07 Å². The standard InChI is InChI=1S/C33H31Cl2F3O2.ClH/c1-2-20(7-4-3-5-16-36)17-22-10-14-28(32(38)31(22)37)30-25-13-11-23(33(39)40)18-21(25)8-6-9-27(30)26-15-12-24(34)19-29(26)35;/h10-15,17-19H,2-9,16H2,1H3,(H,39,40);1H/b20-17-;. The zero-order valence-corrected chi connectivity index (χ0v) is 25.0. The maximum Gasteiger partial charge on any atom is 0.335 e. The summed E-state index contributed by atoms with van der Waals surface area (Å²) >= 11 is 12.7. The number of fused-ring (bicyclic) bond motifs is 1. The predicted molar refractivity (Wildman–Crippen MR) is 165 cm³/mol. The Morgan fingerprint density at radius 1 is 0.927 bits per heavy atom. The molecule has 0 saturated heterocycles. The molecule has 1 N–H and O–H groups in total. The molecular formula is C33H32Cl3F3O2. The molecule has 4 rings (SSSR count). The molecule has 41 heavy (non-hydrogen) atoms. The Bertz CT molecular complexity index is 1480. The molecular weight excluding hydrogens is 592 g/mol. The highest BCUT2D eigenvalue weighted by molar-refractivity contribution is 6.36. The van der Waals surface area contributed by atoms with Crippen molar-refractivity contribution in [2.45, 2.75) is 58.3 Å². The number of halogens is 6. The second-order valence-corrected chi connectivity index (χ2v) is 10.8. The van der Waals surface area contributed by atoms with E-state index in [-0.39, 0.29) is 35.8 Å². The van der Waals surface area contributed by atoms with Crippen molar-refractivity contribution >= 4 is 58.8 Å². The molecule has 0 heterocycles. The highest BCUT2D eigenvalue weighted by Gasteiger charge is 2.26. The molecule has 0 amide bonds. The third-order valence-electron chi connectivity index (χ3n) is 7.38. The van der Waals surface area contributed by atoms with Crippen molar-refractivity contribution in [3.63, 3.8) is 0 Å². The largest absolute Gasteiger partial charge is 0.478 e. The molecule has 1 aliphatic carbocycles. The second-order valence-electron chi connectivity index (χ2n) is 9.99. The van der Waals surface area contributed by atoms with Gasteiger partial charge in [-0.1, -0.05) is 72.5 Å². The van der Waals surface area contributed by atoms with Crippen LogP contribution in [0.5, 0.6) is 0 Å². The first kappa shape index (κ1) is 32.8. The van der Waals surface area contributed by atoms with Gasteiger partial charge in [-0.15, -0.1) is 12.4 Å².